The zero-order valence-electron chi connectivity index (χ0n) is 15.3. The first kappa shape index (κ1) is 17.7. The number of H-pyrrole nitrogens is 1. The summed E-state index contributed by atoms with van der Waals surface area (Å²) in [5.74, 6) is -0.374. The molecule has 2 heterocycles. The maximum Gasteiger partial charge on any atom is 0.252 e. The minimum absolute atomic E-state index is 0.129. The van der Waals surface area contributed by atoms with Gasteiger partial charge in [0.25, 0.3) is 5.91 Å². The molecule has 0 aliphatic heterocycles. The number of fused-ring (bicyclic) bond motifs is 2. The number of carbonyl (C=O) groups excluding carboxylic acids is 2. The molecule has 7 nitrogen and oxygen atoms in total. The Balaban J connectivity index is 1.62. The van der Waals surface area contributed by atoms with Gasteiger partial charge in [-0.15, -0.1) is 0 Å². The van der Waals surface area contributed by atoms with Gasteiger partial charge in [-0.1, -0.05) is 36.4 Å². The fourth-order valence-electron chi connectivity index (χ4n) is 3.10. The number of nitrogens with one attached hydrogen (secondary N) is 3. The van der Waals surface area contributed by atoms with Crippen molar-refractivity contribution in [3.8, 4) is 11.3 Å². The Morgan fingerprint density at radius 2 is 1.79 bits per heavy atom. The van der Waals surface area contributed by atoms with Crippen molar-refractivity contribution in [3.05, 3.63) is 60.3 Å². The summed E-state index contributed by atoms with van der Waals surface area (Å²) in [6, 6.07) is 16.0. The lowest BCUT2D eigenvalue weighted by molar-refractivity contribution is -0.118. The number of hydrogen-bond acceptors (Lipinski definition) is 4. The Labute approximate surface area is 161 Å². The highest BCUT2D eigenvalue weighted by Crippen LogP contribution is 2.28. The zero-order chi connectivity index (χ0) is 19.5. The van der Waals surface area contributed by atoms with Gasteiger partial charge in [-0.3, -0.25) is 14.7 Å². The molecule has 0 fully saturated rings. The Bertz CT molecular complexity index is 1180. The van der Waals surface area contributed by atoms with Gasteiger partial charge in [-0.25, -0.2) is 4.98 Å². The molecule has 4 aromatic rings. The number of hydrogen-bond donors (Lipinski definition) is 3. The lowest BCUT2D eigenvalue weighted by atomic mass is 10.0. The summed E-state index contributed by atoms with van der Waals surface area (Å²) in [6.07, 6.45) is 1.51. The van der Waals surface area contributed by atoms with Crippen LogP contribution in [0.1, 0.15) is 17.3 Å². The summed E-state index contributed by atoms with van der Waals surface area (Å²) >= 11 is 0. The van der Waals surface area contributed by atoms with E-state index in [2.05, 4.69) is 50.1 Å². The van der Waals surface area contributed by atoms with Gasteiger partial charge in [-0.05, 0) is 22.9 Å². The van der Waals surface area contributed by atoms with Crippen molar-refractivity contribution in [1.82, 2.24) is 25.8 Å². The highest BCUT2D eigenvalue weighted by Gasteiger charge is 2.13. The van der Waals surface area contributed by atoms with E-state index in [-0.39, 0.29) is 11.8 Å². The van der Waals surface area contributed by atoms with Crippen molar-refractivity contribution >= 4 is 33.6 Å². The maximum atomic E-state index is 12.4. The molecule has 0 saturated heterocycles. The first-order valence-corrected chi connectivity index (χ1v) is 8.98. The highest BCUT2D eigenvalue weighted by atomic mass is 16.2. The van der Waals surface area contributed by atoms with Gasteiger partial charge < -0.3 is 10.6 Å². The van der Waals surface area contributed by atoms with E-state index in [1.54, 1.807) is 6.07 Å². The van der Waals surface area contributed by atoms with Crippen LogP contribution in [-0.2, 0) is 4.79 Å². The standard InChI is InChI=1S/C21H19N5O2/c1-13(27)22-8-9-23-21(28)17-11-18-19(25-26-20(18)24-12-17)16-7-6-14-4-2-3-5-15(14)10-16/h2-7,10-12H,8-9H2,1H3,(H,22,27)(H,23,28)(H,24,25,26). The molecule has 4 rings (SSSR count). The number of nitrogens with zero attached hydrogens (tertiary/aromatic N) is 2. The van der Waals surface area contributed by atoms with Crippen molar-refractivity contribution in [1.29, 1.82) is 0 Å². The Morgan fingerprint density at radius 3 is 2.61 bits per heavy atom. The quantitative estimate of drug-likeness (QED) is 0.468. The van der Waals surface area contributed by atoms with Gasteiger partial charge >= 0.3 is 0 Å². The van der Waals surface area contributed by atoms with Crippen LogP contribution in [0.15, 0.2) is 54.7 Å². The number of amides is 2. The molecule has 2 aromatic heterocycles. The molecule has 0 unspecified atom stereocenters. The summed E-state index contributed by atoms with van der Waals surface area (Å²) in [6.45, 7) is 2.16. The molecule has 0 bridgehead atoms. The SMILES string of the molecule is CC(=O)NCCNC(=O)c1cnc2[nH]nc(-c3ccc4ccccc4c3)c2c1. The van der Waals surface area contributed by atoms with Crippen LogP contribution < -0.4 is 10.6 Å². The average Bonchev–Trinajstić information content (AvgIpc) is 3.13. The first-order valence-electron chi connectivity index (χ1n) is 8.98. The van der Waals surface area contributed by atoms with Crippen LogP contribution in [0.3, 0.4) is 0 Å². The van der Waals surface area contributed by atoms with E-state index in [0.29, 0.717) is 24.3 Å². The monoisotopic (exact) mass is 373 g/mol. The van der Waals surface area contributed by atoms with Gasteiger partial charge in [-0.2, -0.15) is 5.10 Å². The second kappa shape index (κ2) is 7.48. The molecular weight excluding hydrogens is 354 g/mol. The van der Waals surface area contributed by atoms with Crippen molar-refractivity contribution in [2.45, 2.75) is 6.92 Å². The number of aromatic amines is 1. The number of benzene rings is 2. The Hall–Kier alpha value is -3.74. The molecule has 0 saturated carbocycles. The predicted molar refractivity (Wildman–Crippen MR) is 108 cm³/mol. The van der Waals surface area contributed by atoms with Crippen molar-refractivity contribution in [2.24, 2.45) is 0 Å². The normalized spacial score (nSPS) is 10.9. The van der Waals surface area contributed by atoms with Crippen molar-refractivity contribution < 1.29 is 9.59 Å². The van der Waals surface area contributed by atoms with Gasteiger partial charge in [0, 0.05) is 37.2 Å². The zero-order valence-corrected chi connectivity index (χ0v) is 15.3. The van der Waals surface area contributed by atoms with Crippen LogP contribution in [0, 0.1) is 0 Å². The largest absolute Gasteiger partial charge is 0.355 e. The van der Waals surface area contributed by atoms with Gasteiger partial charge in [0.05, 0.1) is 5.56 Å². The number of aromatic nitrogens is 3. The third-order valence-corrected chi connectivity index (χ3v) is 4.49. The third-order valence-electron chi connectivity index (χ3n) is 4.49. The minimum atomic E-state index is -0.245. The van der Waals surface area contributed by atoms with Crippen molar-refractivity contribution in [3.63, 3.8) is 0 Å². The molecule has 2 amide bonds. The fourth-order valence-corrected chi connectivity index (χ4v) is 3.10. The summed E-state index contributed by atoms with van der Waals surface area (Å²) < 4.78 is 0. The smallest absolute Gasteiger partial charge is 0.252 e. The molecule has 0 atom stereocenters. The molecule has 2 aromatic carbocycles. The summed E-state index contributed by atoms with van der Waals surface area (Å²) in [7, 11) is 0. The molecule has 7 heteroatoms. The van der Waals surface area contributed by atoms with Crippen molar-refractivity contribution in [2.75, 3.05) is 13.1 Å². The van der Waals surface area contributed by atoms with E-state index in [1.807, 2.05) is 18.2 Å². The lowest BCUT2D eigenvalue weighted by Gasteiger charge is -2.06. The van der Waals surface area contributed by atoms with E-state index < -0.39 is 0 Å². The molecular formula is C21H19N5O2. The highest BCUT2D eigenvalue weighted by molar-refractivity contribution is 6.00. The molecule has 0 aliphatic carbocycles. The topological polar surface area (TPSA) is 99.8 Å². The van der Waals surface area contributed by atoms with Crippen LogP contribution in [0.25, 0.3) is 33.1 Å². The molecule has 3 N–H and O–H groups in total. The molecule has 0 aliphatic rings. The van der Waals surface area contributed by atoms with Gasteiger partial charge in [0.1, 0.15) is 5.69 Å². The fraction of sp³-hybridized carbons (Fsp3) is 0.143. The number of rotatable bonds is 5. The molecule has 140 valence electrons. The van der Waals surface area contributed by atoms with E-state index in [4.69, 9.17) is 0 Å². The average molecular weight is 373 g/mol. The summed E-state index contributed by atoms with van der Waals surface area (Å²) in [5.41, 5.74) is 2.77. The molecule has 0 radical (unpaired) electrons. The number of pyridine rings is 1. The second-order valence-electron chi connectivity index (χ2n) is 6.49. The lowest BCUT2D eigenvalue weighted by Crippen LogP contribution is -2.33. The van der Waals surface area contributed by atoms with E-state index in [1.165, 1.54) is 13.1 Å². The van der Waals surface area contributed by atoms with Crippen LogP contribution in [0.4, 0.5) is 0 Å². The van der Waals surface area contributed by atoms with Crippen LogP contribution >= 0.6 is 0 Å². The van der Waals surface area contributed by atoms with E-state index in [9.17, 15) is 9.59 Å². The van der Waals surface area contributed by atoms with Gasteiger partial charge in [0.2, 0.25) is 5.91 Å². The summed E-state index contributed by atoms with van der Waals surface area (Å²) in [5, 5.41) is 15.8. The maximum absolute atomic E-state index is 12.4. The first-order chi connectivity index (χ1) is 13.6. The Kier molecular flexibility index (Phi) is 4.72. The number of carbonyl (C=O) groups is 2. The van der Waals surface area contributed by atoms with Crippen LogP contribution in [0.2, 0.25) is 0 Å². The Morgan fingerprint density at radius 1 is 1.00 bits per heavy atom. The van der Waals surface area contributed by atoms with Gasteiger partial charge in [0.15, 0.2) is 5.65 Å². The van der Waals surface area contributed by atoms with E-state index >= 15 is 0 Å². The van der Waals surface area contributed by atoms with E-state index in [0.717, 1.165) is 27.4 Å². The molecule has 0 spiro atoms. The minimum Gasteiger partial charge on any atom is -0.355 e. The van der Waals surface area contributed by atoms with Crippen LogP contribution in [-0.4, -0.2) is 40.1 Å². The predicted octanol–water partition coefficient (Wildman–Crippen LogP) is 2.64. The summed E-state index contributed by atoms with van der Waals surface area (Å²) in [4.78, 5) is 27.6. The molecule has 28 heavy (non-hydrogen) atoms. The third kappa shape index (κ3) is 3.55. The van der Waals surface area contributed by atoms with Crippen LogP contribution in [0.5, 0.6) is 0 Å². The second-order valence-corrected chi connectivity index (χ2v) is 6.49.